The smallest absolute Gasteiger partial charge is 0.332 e. The van der Waals surface area contributed by atoms with Crippen molar-refractivity contribution in [2.75, 3.05) is 0 Å². The predicted octanol–water partition coefficient (Wildman–Crippen LogP) is 2.75. The molecule has 0 saturated carbocycles. The molecule has 1 aliphatic rings. The highest BCUT2D eigenvalue weighted by molar-refractivity contribution is 5.76. The van der Waals surface area contributed by atoms with Crippen LogP contribution in [0.25, 0.3) is 11.0 Å². The number of aliphatic carboxylic acids is 1. The number of aryl methyl sites for hydroxylation is 1. The molecule has 5 nitrogen and oxygen atoms in total. The lowest BCUT2D eigenvalue weighted by atomic mass is 10.2. The van der Waals surface area contributed by atoms with Gasteiger partial charge < -0.3 is 14.4 Å². The highest BCUT2D eigenvalue weighted by Crippen LogP contribution is 2.34. The van der Waals surface area contributed by atoms with Crippen molar-refractivity contribution in [3.8, 4) is 0 Å². The van der Waals surface area contributed by atoms with E-state index in [1.165, 1.54) is 0 Å². The molecule has 0 amide bonds. The number of hydrogen-bond donors (Lipinski definition) is 1. The Hall–Kier alpha value is -1.88. The van der Waals surface area contributed by atoms with Gasteiger partial charge in [-0.25, -0.2) is 9.78 Å². The van der Waals surface area contributed by atoms with E-state index in [4.69, 9.17) is 9.84 Å². The third-order valence-corrected chi connectivity index (χ3v) is 3.71. The van der Waals surface area contributed by atoms with Crippen molar-refractivity contribution in [3.05, 3.63) is 30.1 Å². The highest BCUT2D eigenvalue weighted by Gasteiger charge is 2.34. The molecule has 1 aromatic carbocycles. The summed E-state index contributed by atoms with van der Waals surface area (Å²) in [5.74, 6) is -0.0255. The highest BCUT2D eigenvalue weighted by atomic mass is 16.5. The van der Waals surface area contributed by atoms with Gasteiger partial charge in [0.15, 0.2) is 6.10 Å². The lowest BCUT2D eigenvalue weighted by Crippen LogP contribution is -2.19. The summed E-state index contributed by atoms with van der Waals surface area (Å²) in [7, 11) is 0. The van der Waals surface area contributed by atoms with E-state index < -0.39 is 12.1 Å². The molecule has 2 aromatic rings. The van der Waals surface area contributed by atoms with Crippen molar-refractivity contribution < 1.29 is 14.6 Å². The molecule has 1 aliphatic heterocycles. The maximum atomic E-state index is 11.0. The number of carbonyl (C=O) groups is 1. The summed E-state index contributed by atoms with van der Waals surface area (Å²) in [5.41, 5.74) is 2.03. The maximum Gasteiger partial charge on any atom is 0.332 e. The Bertz CT molecular complexity index is 635. The molecule has 0 bridgehead atoms. The van der Waals surface area contributed by atoms with Crippen molar-refractivity contribution in [1.29, 1.82) is 0 Å². The minimum absolute atomic E-state index is 0.213. The van der Waals surface area contributed by atoms with Gasteiger partial charge in [-0.05, 0) is 31.4 Å². The number of hydrogen-bond acceptors (Lipinski definition) is 3. The number of fused-ring (bicyclic) bond motifs is 1. The van der Waals surface area contributed by atoms with Gasteiger partial charge in [0.2, 0.25) is 0 Å². The Labute approximate surface area is 117 Å². The van der Waals surface area contributed by atoms with Gasteiger partial charge in [0.25, 0.3) is 0 Å². The van der Waals surface area contributed by atoms with Gasteiger partial charge in [-0.2, -0.15) is 0 Å². The third kappa shape index (κ3) is 2.18. The Morgan fingerprint density at radius 2 is 2.25 bits per heavy atom. The van der Waals surface area contributed by atoms with Crippen LogP contribution in [0.2, 0.25) is 0 Å². The second-order valence-electron chi connectivity index (χ2n) is 5.14. The Morgan fingerprint density at radius 1 is 1.45 bits per heavy atom. The molecular formula is C15H18N2O3. The topological polar surface area (TPSA) is 64.4 Å². The van der Waals surface area contributed by atoms with Crippen molar-refractivity contribution in [1.82, 2.24) is 9.55 Å². The zero-order chi connectivity index (χ0) is 14.1. The first-order chi connectivity index (χ1) is 9.70. The number of rotatable bonds is 4. The number of para-hydroxylation sites is 2. The largest absolute Gasteiger partial charge is 0.479 e. The average molecular weight is 274 g/mol. The van der Waals surface area contributed by atoms with Crippen LogP contribution in [0.5, 0.6) is 0 Å². The molecule has 2 heterocycles. The van der Waals surface area contributed by atoms with E-state index >= 15 is 0 Å². The summed E-state index contributed by atoms with van der Waals surface area (Å²) in [6.45, 7) is 2.99. The first-order valence-electron chi connectivity index (χ1n) is 7.04. The Kier molecular flexibility index (Phi) is 3.44. The van der Waals surface area contributed by atoms with E-state index in [1.54, 1.807) is 0 Å². The summed E-state index contributed by atoms with van der Waals surface area (Å²) in [4.78, 5) is 15.7. The van der Waals surface area contributed by atoms with Gasteiger partial charge in [0.05, 0.1) is 11.0 Å². The molecule has 1 fully saturated rings. The van der Waals surface area contributed by atoms with Crippen LogP contribution in [0.1, 0.15) is 38.1 Å². The summed E-state index contributed by atoms with van der Waals surface area (Å²) in [6, 6.07) is 7.99. The van der Waals surface area contributed by atoms with Crippen molar-refractivity contribution >= 4 is 17.0 Å². The second-order valence-corrected chi connectivity index (χ2v) is 5.14. The monoisotopic (exact) mass is 274 g/mol. The minimum Gasteiger partial charge on any atom is -0.479 e. The normalized spacial score (nSPS) is 22.4. The lowest BCUT2D eigenvalue weighted by Gasteiger charge is -2.13. The van der Waals surface area contributed by atoms with E-state index in [0.29, 0.717) is 12.8 Å². The number of aromatic nitrogens is 2. The number of carboxylic acid groups (broad SMARTS) is 1. The van der Waals surface area contributed by atoms with Gasteiger partial charge >= 0.3 is 5.97 Å². The van der Waals surface area contributed by atoms with Gasteiger partial charge in [0.1, 0.15) is 11.9 Å². The van der Waals surface area contributed by atoms with E-state index in [-0.39, 0.29) is 6.10 Å². The van der Waals surface area contributed by atoms with E-state index in [0.717, 1.165) is 29.8 Å². The number of nitrogens with zero attached hydrogens (tertiary/aromatic N) is 2. The van der Waals surface area contributed by atoms with Crippen LogP contribution in [-0.4, -0.2) is 26.7 Å². The summed E-state index contributed by atoms with van der Waals surface area (Å²) < 4.78 is 7.80. The molecule has 1 N–H and O–H groups in total. The predicted molar refractivity (Wildman–Crippen MR) is 74.5 cm³/mol. The SMILES string of the molecule is CCCn1c(C2CCC(C(=O)O)O2)nc2ccccc21. The molecule has 0 radical (unpaired) electrons. The van der Waals surface area contributed by atoms with Crippen LogP contribution in [0, 0.1) is 0 Å². The number of ether oxygens (including phenoxy) is 1. The molecule has 0 spiro atoms. The summed E-state index contributed by atoms with van der Waals surface area (Å²) >= 11 is 0. The summed E-state index contributed by atoms with van der Waals surface area (Å²) in [6.07, 6.45) is 1.35. The van der Waals surface area contributed by atoms with Crippen LogP contribution in [0.4, 0.5) is 0 Å². The molecule has 0 aliphatic carbocycles. The Morgan fingerprint density at radius 3 is 2.95 bits per heavy atom. The van der Waals surface area contributed by atoms with E-state index in [1.807, 2.05) is 24.3 Å². The lowest BCUT2D eigenvalue weighted by molar-refractivity contribution is -0.149. The van der Waals surface area contributed by atoms with Gasteiger partial charge in [-0.1, -0.05) is 19.1 Å². The third-order valence-electron chi connectivity index (χ3n) is 3.71. The maximum absolute atomic E-state index is 11.0. The quantitative estimate of drug-likeness (QED) is 0.931. The fourth-order valence-corrected chi connectivity index (χ4v) is 2.81. The standard InChI is InChI=1S/C15H18N2O3/c1-2-9-17-11-6-4-3-5-10(11)16-14(17)12-7-8-13(20-12)15(18)19/h3-6,12-13H,2,7-9H2,1H3,(H,18,19). The molecular weight excluding hydrogens is 256 g/mol. The van der Waals surface area contributed by atoms with Crippen LogP contribution in [-0.2, 0) is 16.1 Å². The molecule has 106 valence electrons. The molecule has 5 heteroatoms. The molecule has 20 heavy (non-hydrogen) atoms. The first-order valence-corrected chi connectivity index (χ1v) is 7.04. The zero-order valence-corrected chi connectivity index (χ0v) is 11.5. The molecule has 1 saturated heterocycles. The Balaban J connectivity index is 1.98. The van der Waals surface area contributed by atoms with Crippen molar-refractivity contribution in [2.45, 2.75) is 44.9 Å². The first kappa shape index (κ1) is 13.1. The summed E-state index contributed by atoms with van der Waals surface area (Å²) in [5, 5.41) is 9.04. The molecule has 2 unspecified atom stereocenters. The minimum atomic E-state index is -0.884. The molecule has 3 rings (SSSR count). The van der Waals surface area contributed by atoms with Gasteiger partial charge in [0, 0.05) is 6.54 Å². The van der Waals surface area contributed by atoms with E-state index in [9.17, 15) is 4.79 Å². The number of benzene rings is 1. The molecule has 1 aromatic heterocycles. The van der Waals surface area contributed by atoms with E-state index in [2.05, 4.69) is 16.5 Å². The fraction of sp³-hybridized carbons (Fsp3) is 0.467. The average Bonchev–Trinajstić information content (AvgIpc) is 3.04. The number of carboxylic acids is 1. The number of imidazole rings is 1. The van der Waals surface area contributed by atoms with Crippen molar-refractivity contribution in [3.63, 3.8) is 0 Å². The fourth-order valence-electron chi connectivity index (χ4n) is 2.81. The van der Waals surface area contributed by atoms with Crippen LogP contribution < -0.4 is 0 Å². The van der Waals surface area contributed by atoms with Crippen molar-refractivity contribution in [2.24, 2.45) is 0 Å². The molecule has 2 atom stereocenters. The van der Waals surface area contributed by atoms with Crippen LogP contribution in [0.15, 0.2) is 24.3 Å². The second kappa shape index (κ2) is 5.25. The van der Waals surface area contributed by atoms with Gasteiger partial charge in [-0.3, -0.25) is 0 Å². The van der Waals surface area contributed by atoms with Crippen LogP contribution in [0.3, 0.4) is 0 Å². The zero-order valence-electron chi connectivity index (χ0n) is 11.5. The van der Waals surface area contributed by atoms with Crippen LogP contribution >= 0.6 is 0 Å². The van der Waals surface area contributed by atoms with Gasteiger partial charge in [-0.15, -0.1) is 0 Å².